The second-order valence-electron chi connectivity index (χ2n) is 5.50. The van der Waals surface area contributed by atoms with Crippen molar-refractivity contribution in [1.82, 2.24) is 15.2 Å². The molecule has 1 aliphatic rings. The highest BCUT2D eigenvalue weighted by Gasteiger charge is 2.27. The van der Waals surface area contributed by atoms with Crippen molar-refractivity contribution in [2.45, 2.75) is 25.7 Å². The Kier molecular flexibility index (Phi) is 3.11. The lowest BCUT2D eigenvalue weighted by atomic mass is 10.1. The van der Waals surface area contributed by atoms with Gasteiger partial charge in [0, 0.05) is 17.0 Å². The molecule has 22 heavy (non-hydrogen) atoms. The summed E-state index contributed by atoms with van der Waals surface area (Å²) in [6.45, 7) is 1.89. The Morgan fingerprint density at radius 2 is 2.09 bits per heavy atom. The van der Waals surface area contributed by atoms with Crippen LogP contribution in [0.3, 0.4) is 0 Å². The van der Waals surface area contributed by atoms with Crippen molar-refractivity contribution in [2.75, 3.05) is 5.32 Å². The Morgan fingerprint density at radius 1 is 1.27 bits per heavy atom. The molecule has 0 aliphatic heterocycles. The van der Waals surface area contributed by atoms with Gasteiger partial charge in [0.25, 0.3) is 5.91 Å². The van der Waals surface area contributed by atoms with E-state index in [0.717, 1.165) is 21.6 Å². The van der Waals surface area contributed by atoms with Crippen LogP contribution in [0.25, 0.3) is 10.9 Å². The lowest BCUT2D eigenvalue weighted by molar-refractivity contribution is 0.102. The molecule has 0 radical (unpaired) electrons. The minimum atomic E-state index is -0.166. The maximum absolute atomic E-state index is 12.6. The highest BCUT2D eigenvalue weighted by atomic mass is 32.1. The van der Waals surface area contributed by atoms with Crippen molar-refractivity contribution in [2.24, 2.45) is 0 Å². The van der Waals surface area contributed by atoms with Gasteiger partial charge in [0.2, 0.25) is 5.13 Å². The van der Waals surface area contributed by atoms with Gasteiger partial charge in [-0.1, -0.05) is 29.5 Å². The standard InChI is InChI=1S/C16H14N4OS/c1-9-8-12(11-4-2-3-5-13(11)17-9)14(21)18-16-20-19-15(22-16)10-6-7-10/h2-5,8,10H,6-7H2,1H3,(H,18,20,21). The van der Waals surface area contributed by atoms with Gasteiger partial charge in [0.05, 0.1) is 11.1 Å². The second-order valence-corrected chi connectivity index (χ2v) is 6.51. The largest absolute Gasteiger partial charge is 0.296 e. The summed E-state index contributed by atoms with van der Waals surface area (Å²) in [6.07, 6.45) is 2.35. The molecule has 6 heteroatoms. The molecule has 3 aromatic rings. The number of amides is 1. The summed E-state index contributed by atoms with van der Waals surface area (Å²) in [5.41, 5.74) is 2.26. The van der Waals surface area contributed by atoms with Crippen LogP contribution >= 0.6 is 11.3 Å². The third-order valence-electron chi connectivity index (χ3n) is 3.68. The van der Waals surface area contributed by atoms with E-state index in [9.17, 15) is 4.79 Å². The van der Waals surface area contributed by atoms with Gasteiger partial charge in [0.1, 0.15) is 5.01 Å². The van der Waals surface area contributed by atoms with Gasteiger partial charge >= 0.3 is 0 Å². The van der Waals surface area contributed by atoms with Crippen molar-refractivity contribution in [1.29, 1.82) is 0 Å². The molecule has 1 N–H and O–H groups in total. The fourth-order valence-corrected chi connectivity index (χ4v) is 3.35. The number of fused-ring (bicyclic) bond motifs is 1. The predicted octanol–water partition coefficient (Wildman–Crippen LogP) is 3.52. The lowest BCUT2D eigenvalue weighted by Gasteiger charge is -2.07. The first-order valence-corrected chi connectivity index (χ1v) is 8.03. The van der Waals surface area contributed by atoms with Gasteiger partial charge in [-0.05, 0) is 31.9 Å². The normalized spacial score (nSPS) is 14.2. The first kappa shape index (κ1) is 13.3. The smallest absolute Gasteiger partial charge is 0.258 e. The van der Waals surface area contributed by atoms with E-state index in [1.165, 1.54) is 24.2 Å². The Hall–Kier alpha value is -2.34. The van der Waals surface area contributed by atoms with E-state index >= 15 is 0 Å². The molecule has 0 atom stereocenters. The van der Waals surface area contributed by atoms with Crippen LogP contribution < -0.4 is 5.32 Å². The summed E-state index contributed by atoms with van der Waals surface area (Å²) in [5.74, 6) is 0.382. The molecule has 1 amide bonds. The summed E-state index contributed by atoms with van der Waals surface area (Å²) < 4.78 is 0. The van der Waals surface area contributed by atoms with Crippen LogP contribution in [0.15, 0.2) is 30.3 Å². The summed E-state index contributed by atoms with van der Waals surface area (Å²) in [5, 5.41) is 13.5. The van der Waals surface area contributed by atoms with Gasteiger partial charge in [-0.25, -0.2) is 0 Å². The second kappa shape index (κ2) is 5.14. The van der Waals surface area contributed by atoms with Crippen LogP contribution in [0, 0.1) is 6.92 Å². The summed E-state index contributed by atoms with van der Waals surface area (Å²) >= 11 is 1.47. The number of hydrogen-bond donors (Lipinski definition) is 1. The fourth-order valence-electron chi connectivity index (χ4n) is 2.44. The van der Waals surface area contributed by atoms with E-state index < -0.39 is 0 Å². The van der Waals surface area contributed by atoms with Gasteiger partial charge in [-0.15, -0.1) is 10.2 Å². The molecular formula is C16H14N4OS. The molecule has 4 rings (SSSR count). The summed E-state index contributed by atoms with van der Waals surface area (Å²) in [6, 6.07) is 9.46. The molecular weight excluding hydrogens is 296 g/mol. The molecule has 5 nitrogen and oxygen atoms in total. The van der Waals surface area contributed by atoms with Crippen molar-refractivity contribution < 1.29 is 4.79 Å². The Bertz CT molecular complexity index is 869. The molecule has 0 unspecified atom stereocenters. The van der Waals surface area contributed by atoms with Crippen LogP contribution in [0.4, 0.5) is 5.13 Å². The number of nitrogens with one attached hydrogen (secondary N) is 1. The molecule has 0 spiro atoms. The number of para-hydroxylation sites is 1. The van der Waals surface area contributed by atoms with Gasteiger partial charge in [0.15, 0.2) is 0 Å². The molecule has 2 aromatic heterocycles. The third kappa shape index (κ3) is 2.46. The van der Waals surface area contributed by atoms with Crippen LogP contribution in [0.2, 0.25) is 0 Å². The number of rotatable bonds is 3. The molecule has 110 valence electrons. The Morgan fingerprint density at radius 3 is 2.91 bits per heavy atom. The minimum absolute atomic E-state index is 0.166. The number of carbonyl (C=O) groups is 1. The number of hydrogen-bond acceptors (Lipinski definition) is 5. The Labute approximate surface area is 131 Å². The van der Waals surface area contributed by atoms with Crippen LogP contribution in [-0.4, -0.2) is 21.1 Å². The van der Waals surface area contributed by atoms with E-state index in [0.29, 0.717) is 16.6 Å². The lowest BCUT2D eigenvalue weighted by Crippen LogP contribution is -2.13. The highest BCUT2D eigenvalue weighted by molar-refractivity contribution is 7.15. The van der Waals surface area contributed by atoms with E-state index in [1.807, 2.05) is 31.2 Å². The summed E-state index contributed by atoms with van der Waals surface area (Å²) in [4.78, 5) is 17.0. The molecule has 1 aliphatic carbocycles. The number of nitrogens with zero attached hydrogens (tertiary/aromatic N) is 3. The number of aromatic nitrogens is 3. The van der Waals surface area contributed by atoms with E-state index in [1.54, 1.807) is 6.07 Å². The molecule has 1 aromatic carbocycles. The number of pyridine rings is 1. The molecule has 1 fully saturated rings. The molecule has 0 bridgehead atoms. The number of anilines is 1. The fraction of sp³-hybridized carbons (Fsp3) is 0.250. The minimum Gasteiger partial charge on any atom is -0.296 e. The number of benzene rings is 1. The quantitative estimate of drug-likeness (QED) is 0.803. The van der Waals surface area contributed by atoms with Crippen LogP contribution in [0.5, 0.6) is 0 Å². The van der Waals surface area contributed by atoms with Crippen LogP contribution in [-0.2, 0) is 0 Å². The van der Waals surface area contributed by atoms with E-state index in [-0.39, 0.29) is 5.91 Å². The maximum Gasteiger partial charge on any atom is 0.258 e. The number of aryl methyl sites for hydroxylation is 1. The predicted molar refractivity (Wildman–Crippen MR) is 86.3 cm³/mol. The topological polar surface area (TPSA) is 67.8 Å². The zero-order chi connectivity index (χ0) is 15.1. The zero-order valence-corrected chi connectivity index (χ0v) is 12.9. The van der Waals surface area contributed by atoms with Crippen molar-refractivity contribution >= 4 is 33.3 Å². The first-order chi connectivity index (χ1) is 10.7. The first-order valence-electron chi connectivity index (χ1n) is 7.22. The van der Waals surface area contributed by atoms with Crippen molar-refractivity contribution in [3.05, 3.63) is 46.6 Å². The molecule has 2 heterocycles. The van der Waals surface area contributed by atoms with Gasteiger partial charge < -0.3 is 0 Å². The highest BCUT2D eigenvalue weighted by Crippen LogP contribution is 2.42. The van der Waals surface area contributed by atoms with Gasteiger partial charge in [-0.2, -0.15) is 0 Å². The van der Waals surface area contributed by atoms with Crippen molar-refractivity contribution in [3.8, 4) is 0 Å². The zero-order valence-electron chi connectivity index (χ0n) is 12.0. The average Bonchev–Trinajstić information content (AvgIpc) is 3.26. The van der Waals surface area contributed by atoms with Gasteiger partial charge in [-0.3, -0.25) is 15.1 Å². The Balaban J connectivity index is 1.66. The average molecular weight is 310 g/mol. The SMILES string of the molecule is Cc1cc(C(=O)Nc2nnc(C3CC3)s2)c2ccccc2n1. The van der Waals surface area contributed by atoms with E-state index in [4.69, 9.17) is 0 Å². The monoisotopic (exact) mass is 310 g/mol. The summed E-state index contributed by atoms with van der Waals surface area (Å²) in [7, 11) is 0. The molecule has 0 saturated heterocycles. The number of carbonyl (C=O) groups excluding carboxylic acids is 1. The maximum atomic E-state index is 12.6. The van der Waals surface area contributed by atoms with Crippen LogP contribution in [0.1, 0.15) is 39.8 Å². The molecule has 1 saturated carbocycles. The third-order valence-corrected chi connectivity index (χ3v) is 4.68. The van der Waals surface area contributed by atoms with Crippen molar-refractivity contribution in [3.63, 3.8) is 0 Å². The van der Waals surface area contributed by atoms with E-state index in [2.05, 4.69) is 20.5 Å².